The van der Waals surface area contributed by atoms with Crippen molar-refractivity contribution in [2.24, 2.45) is 0 Å². The summed E-state index contributed by atoms with van der Waals surface area (Å²) in [5.74, 6) is 0. The average Bonchev–Trinajstić information content (AvgIpc) is 2.11. The van der Waals surface area contributed by atoms with Crippen LogP contribution in [0.4, 0.5) is 5.69 Å². The van der Waals surface area contributed by atoms with E-state index in [2.05, 4.69) is 36.6 Å². The number of halogens is 3. The van der Waals surface area contributed by atoms with E-state index < -0.39 is 10.0 Å². The van der Waals surface area contributed by atoms with Crippen LogP contribution in [-0.4, -0.2) is 13.1 Å². The van der Waals surface area contributed by atoms with Gasteiger partial charge in [-0.05, 0) is 34.1 Å². The van der Waals surface area contributed by atoms with Crippen molar-refractivity contribution in [2.45, 2.75) is 0 Å². The van der Waals surface area contributed by atoms with Crippen molar-refractivity contribution in [3.63, 3.8) is 0 Å². The minimum atomic E-state index is -3.31. The van der Waals surface area contributed by atoms with Crippen LogP contribution in [0.15, 0.2) is 22.7 Å². The third-order valence-corrected chi connectivity index (χ3v) is 5.21. The Hall–Kier alpha value is 0.220. The van der Waals surface area contributed by atoms with Gasteiger partial charge < -0.3 is 0 Å². The summed E-state index contributed by atoms with van der Waals surface area (Å²) in [5, 5.41) is 0.458. The lowest BCUT2D eigenvalue weighted by Crippen LogP contribution is -2.12. The lowest BCUT2D eigenvalue weighted by Gasteiger charge is -2.05. The molecule has 0 aromatic heterocycles. The summed E-state index contributed by atoms with van der Waals surface area (Å²) in [5.41, 5.74) is 0.442. The van der Waals surface area contributed by atoms with Crippen molar-refractivity contribution in [2.75, 3.05) is 9.38 Å². The van der Waals surface area contributed by atoms with E-state index in [-0.39, 0.29) is 4.66 Å². The first-order valence-corrected chi connectivity index (χ1v) is 7.40. The number of sulfonamides is 1. The smallest absolute Gasteiger partial charge is 0.242 e. The number of rotatable bonds is 3. The highest BCUT2D eigenvalue weighted by Gasteiger charge is 2.08. The van der Waals surface area contributed by atoms with Crippen molar-refractivity contribution >= 4 is 59.2 Å². The maximum atomic E-state index is 11.2. The van der Waals surface area contributed by atoms with Crippen LogP contribution in [0.1, 0.15) is 0 Å². The van der Waals surface area contributed by atoms with Crippen LogP contribution in [0.3, 0.4) is 0 Å². The minimum absolute atomic E-state index is 0.145. The molecule has 0 saturated heterocycles. The molecule has 0 aliphatic heterocycles. The second kappa shape index (κ2) is 4.83. The van der Waals surface area contributed by atoms with Crippen LogP contribution in [0.5, 0.6) is 0 Å². The molecule has 1 aromatic carbocycles. The normalized spacial score (nSPS) is 11.4. The summed E-state index contributed by atoms with van der Waals surface area (Å²) in [4.78, 5) is 0. The Morgan fingerprint density at radius 2 is 2.07 bits per heavy atom. The van der Waals surface area contributed by atoms with E-state index in [0.717, 1.165) is 4.47 Å². The third-order valence-electron chi connectivity index (χ3n) is 1.34. The third kappa shape index (κ3) is 3.42. The van der Waals surface area contributed by atoms with Gasteiger partial charge in [0.15, 0.2) is 0 Å². The molecule has 0 amide bonds. The van der Waals surface area contributed by atoms with Gasteiger partial charge in [0, 0.05) is 4.47 Å². The lowest BCUT2D eigenvalue weighted by atomic mass is 10.3. The number of benzene rings is 1. The number of hydrogen-bond donors (Lipinski definition) is 1. The largest absolute Gasteiger partial charge is 0.283 e. The molecule has 1 rings (SSSR count). The van der Waals surface area contributed by atoms with Gasteiger partial charge in [-0.2, -0.15) is 0 Å². The van der Waals surface area contributed by atoms with Crippen LogP contribution < -0.4 is 4.72 Å². The maximum absolute atomic E-state index is 11.2. The first-order valence-electron chi connectivity index (χ1n) is 3.46. The molecule has 0 heterocycles. The molecule has 0 aliphatic rings. The molecule has 0 spiro atoms. The molecule has 0 fully saturated rings. The van der Waals surface area contributed by atoms with Crippen molar-refractivity contribution in [1.82, 2.24) is 0 Å². The first kappa shape index (κ1) is 12.3. The Bertz CT molecular complexity index is 435. The van der Waals surface area contributed by atoms with E-state index in [1.165, 1.54) is 6.07 Å². The molecular formula is C7H6Br2ClNO2S. The summed E-state index contributed by atoms with van der Waals surface area (Å²) in [6.07, 6.45) is 0. The van der Waals surface area contributed by atoms with Crippen molar-refractivity contribution in [3.8, 4) is 0 Å². The Morgan fingerprint density at radius 3 is 2.57 bits per heavy atom. The van der Waals surface area contributed by atoms with Crippen LogP contribution in [0.25, 0.3) is 0 Å². The zero-order valence-electron chi connectivity index (χ0n) is 6.80. The number of alkyl halides is 1. The van der Waals surface area contributed by atoms with E-state index >= 15 is 0 Å². The molecule has 14 heavy (non-hydrogen) atoms. The van der Waals surface area contributed by atoms with Gasteiger partial charge in [0.05, 0.1) is 10.7 Å². The lowest BCUT2D eigenvalue weighted by molar-refractivity contribution is 0.606. The molecule has 0 bridgehead atoms. The van der Waals surface area contributed by atoms with Gasteiger partial charge in [-0.3, -0.25) is 4.72 Å². The van der Waals surface area contributed by atoms with Crippen LogP contribution in [0, 0.1) is 0 Å². The van der Waals surface area contributed by atoms with Crippen molar-refractivity contribution < 1.29 is 8.42 Å². The second-order valence-corrected chi connectivity index (χ2v) is 6.74. The molecule has 1 N–H and O–H groups in total. The van der Waals surface area contributed by atoms with Gasteiger partial charge in [0.25, 0.3) is 0 Å². The topological polar surface area (TPSA) is 46.2 Å². The zero-order chi connectivity index (χ0) is 10.8. The molecule has 0 unspecified atom stereocenters. The SMILES string of the molecule is O=S(=O)(CBr)Nc1ccc(Br)c(Cl)c1. The zero-order valence-corrected chi connectivity index (χ0v) is 11.5. The molecule has 7 heteroatoms. The Kier molecular flexibility index (Phi) is 4.24. The van der Waals surface area contributed by atoms with Crippen LogP contribution in [0.2, 0.25) is 5.02 Å². The highest BCUT2D eigenvalue weighted by molar-refractivity contribution is 9.11. The number of hydrogen-bond acceptors (Lipinski definition) is 2. The Labute approximate surface area is 104 Å². The van der Waals surface area contributed by atoms with Crippen molar-refractivity contribution in [3.05, 3.63) is 27.7 Å². The molecule has 0 atom stereocenters. The van der Waals surface area contributed by atoms with E-state index in [9.17, 15) is 8.42 Å². The second-order valence-electron chi connectivity index (χ2n) is 2.45. The quantitative estimate of drug-likeness (QED) is 0.839. The van der Waals surface area contributed by atoms with Gasteiger partial charge in [0.1, 0.15) is 4.66 Å². The van der Waals surface area contributed by atoms with E-state index in [1.807, 2.05) is 0 Å². The van der Waals surface area contributed by atoms with Gasteiger partial charge in [-0.15, -0.1) is 0 Å². The highest BCUT2D eigenvalue weighted by Crippen LogP contribution is 2.26. The molecule has 1 aromatic rings. The molecular weight excluding hydrogens is 357 g/mol. The summed E-state index contributed by atoms with van der Waals surface area (Å²) < 4.78 is 25.2. The average molecular weight is 363 g/mol. The molecule has 0 saturated carbocycles. The fraction of sp³-hybridized carbons (Fsp3) is 0.143. The number of nitrogens with one attached hydrogen (secondary N) is 1. The van der Waals surface area contributed by atoms with Gasteiger partial charge in [0.2, 0.25) is 10.0 Å². The summed E-state index contributed by atoms with van der Waals surface area (Å²) in [6.45, 7) is 0. The Balaban J connectivity index is 2.94. The fourth-order valence-corrected chi connectivity index (χ4v) is 2.08. The summed E-state index contributed by atoms with van der Waals surface area (Å²) in [6, 6.07) is 4.83. The summed E-state index contributed by atoms with van der Waals surface area (Å²) in [7, 11) is -3.31. The minimum Gasteiger partial charge on any atom is -0.283 e. The number of anilines is 1. The fourth-order valence-electron chi connectivity index (χ4n) is 0.766. The predicted molar refractivity (Wildman–Crippen MR) is 65.5 cm³/mol. The van der Waals surface area contributed by atoms with Crippen LogP contribution in [-0.2, 0) is 10.0 Å². The summed E-state index contributed by atoms with van der Waals surface area (Å²) >= 11 is 11.9. The van der Waals surface area contributed by atoms with Crippen LogP contribution >= 0.6 is 43.5 Å². The maximum Gasteiger partial charge on any atom is 0.242 e. The van der Waals surface area contributed by atoms with E-state index in [4.69, 9.17) is 11.6 Å². The predicted octanol–water partition coefficient (Wildman–Crippen LogP) is 3.20. The standard InChI is InChI=1S/C7H6Br2ClNO2S/c8-4-14(12,13)11-5-1-2-6(9)7(10)3-5/h1-3,11H,4H2. The van der Waals surface area contributed by atoms with Gasteiger partial charge in [-0.25, -0.2) is 8.42 Å². The highest BCUT2D eigenvalue weighted by atomic mass is 79.9. The molecule has 3 nitrogen and oxygen atoms in total. The van der Waals surface area contributed by atoms with Crippen molar-refractivity contribution in [1.29, 1.82) is 0 Å². The first-order chi connectivity index (χ1) is 6.44. The monoisotopic (exact) mass is 361 g/mol. The van der Waals surface area contributed by atoms with Gasteiger partial charge in [-0.1, -0.05) is 27.5 Å². The molecule has 0 radical (unpaired) electrons. The Morgan fingerprint density at radius 1 is 1.43 bits per heavy atom. The molecule has 0 aliphatic carbocycles. The van der Waals surface area contributed by atoms with E-state index in [1.54, 1.807) is 12.1 Å². The molecule has 78 valence electrons. The van der Waals surface area contributed by atoms with E-state index in [0.29, 0.717) is 10.7 Å². The van der Waals surface area contributed by atoms with Gasteiger partial charge >= 0.3 is 0 Å².